The number of allylic oxidation sites excluding steroid dienone is 3. The van der Waals surface area contributed by atoms with Gasteiger partial charge in [0, 0.05) is 14.5 Å². The zero-order valence-electron chi connectivity index (χ0n) is 21.7. The molecule has 3 aromatic rings. The first-order chi connectivity index (χ1) is 17.3. The number of sulfonamides is 1. The van der Waals surface area contributed by atoms with Gasteiger partial charge in [-0.2, -0.15) is 0 Å². The minimum atomic E-state index is -3.85. The first-order valence-corrected chi connectivity index (χ1v) is 13.6. The molecule has 0 unspecified atom stereocenters. The summed E-state index contributed by atoms with van der Waals surface area (Å²) in [6, 6.07) is 23.0. The van der Waals surface area contributed by atoms with E-state index in [1.54, 1.807) is 53.4 Å². The van der Waals surface area contributed by atoms with E-state index >= 15 is 0 Å². The summed E-state index contributed by atoms with van der Waals surface area (Å²) in [5.74, 6) is -0.251. The number of hydrogen-bond acceptors (Lipinski definition) is 3. The van der Waals surface area contributed by atoms with E-state index in [4.69, 9.17) is 0 Å². The van der Waals surface area contributed by atoms with E-state index in [2.05, 4.69) is 4.72 Å². The fraction of sp³-hybridized carbons (Fsp3) is 0.233. The Hall–Kier alpha value is -3.64. The zero-order valence-corrected chi connectivity index (χ0v) is 22.5. The number of amides is 1. The van der Waals surface area contributed by atoms with Gasteiger partial charge >= 0.3 is 0 Å². The highest BCUT2D eigenvalue weighted by molar-refractivity contribution is 7.92. The van der Waals surface area contributed by atoms with Gasteiger partial charge in [0.25, 0.3) is 15.9 Å². The van der Waals surface area contributed by atoms with Crippen LogP contribution in [0.3, 0.4) is 0 Å². The minimum absolute atomic E-state index is 0. The lowest BCUT2D eigenvalue weighted by Crippen LogP contribution is -2.33. The fourth-order valence-electron chi connectivity index (χ4n) is 3.47. The molecule has 0 radical (unpaired) electrons. The van der Waals surface area contributed by atoms with Crippen molar-refractivity contribution in [3.63, 3.8) is 0 Å². The molecular weight excluding hydrogens is 468 g/mol. The second kappa shape index (κ2) is 14.0. The summed E-state index contributed by atoms with van der Waals surface area (Å²) < 4.78 is 28.6. The Balaban J connectivity index is 0.00000223. The van der Waals surface area contributed by atoms with Crippen LogP contribution in [0.15, 0.2) is 108 Å². The molecule has 0 aliphatic rings. The van der Waals surface area contributed by atoms with Crippen molar-refractivity contribution in [3.8, 4) is 0 Å². The molecule has 0 atom stereocenters. The maximum atomic E-state index is 13.7. The summed E-state index contributed by atoms with van der Waals surface area (Å²) in [6.45, 7) is 10.6. The van der Waals surface area contributed by atoms with E-state index in [1.165, 1.54) is 0 Å². The maximum absolute atomic E-state index is 13.7. The number of carbonyl (C=O) groups excluding carboxylic acids is 1. The smallest absolute Gasteiger partial charge is 0.261 e. The number of hydrogen-bond donors (Lipinski definition) is 1. The van der Waals surface area contributed by atoms with Crippen LogP contribution in [0.25, 0.3) is 0 Å². The van der Waals surface area contributed by atoms with Gasteiger partial charge in [-0.15, -0.1) is 0 Å². The summed E-state index contributed by atoms with van der Waals surface area (Å²) in [5.41, 5.74) is 3.52. The maximum Gasteiger partial charge on any atom is 0.261 e. The average Bonchev–Trinajstić information content (AvgIpc) is 2.89. The number of anilines is 1. The second-order valence-corrected chi connectivity index (χ2v) is 9.83. The fourth-order valence-corrected chi connectivity index (χ4v) is 4.55. The van der Waals surface area contributed by atoms with Crippen LogP contribution < -0.4 is 4.72 Å². The molecule has 36 heavy (non-hydrogen) atoms. The van der Waals surface area contributed by atoms with E-state index in [0.717, 1.165) is 16.7 Å². The van der Waals surface area contributed by atoms with Gasteiger partial charge in [0.1, 0.15) is 0 Å². The lowest BCUT2D eigenvalue weighted by molar-refractivity contribution is 0.0759. The third kappa shape index (κ3) is 8.24. The third-order valence-corrected chi connectivity index (χ3v) is 6.63. The van der Waals surface area contributed by atoms with Crippen LogP contribution in [-0.4, -0.2) is 25.8 Å². The van der Waals surface area contributed by atoms with E-state index in [9.17, 15) is 13.2 Å². The Morgan fingerprint density at radius 2 is 1.56 bits per heavy atom. The molecule has 0 bridgehead atoms. The lowest BCUT2D eigenvalue weighted by atomic mass is 10.1. The molecule has 3 aromatic carbocycles. The van der Waals surface area contributed by atoms with Gasteiger partial charge < -0.3 is 4.90 Å². The molecule has 0 heterocycles. The molecule has 0 aliphatic heterocycles. The van der Waals surface area contributed by atoms with Crippen molar-refractivity contribution in [2.24, 2.45) is 0 Å². The van der Waals surface area contributed by atoms with Crippen LogP contribution in [0, 0.1) is 6.92 Å². The molecule has 0 spiro atoms. The van der Waals surface area contributed by atoms with E-state index in [-0.39, 0.29) is 17.9 Å². The molecule has 1 N–H and O–H groups in total. The first kappa shape index (κ1) is 28.6. The molecule has 5 nitrogen and oxygen atoms in total. The summed E-state index contributed by atoms with van der Waals surface area (Å²) in [6.07, 6.45) is 5.84. The first-order valence-electron chi connectivity index (χ1n) is 12.1. The van der Waals surface area contributed by atoms with Crippen LogP contribution in [0.2, 0.25) is 0 Å². The number of nitrogens with one attached hydrogen (secondary N) is 1. The van der Waals surface area contributed by atoms with Crippen molar-refractivity contribution >= 4 is 21.6 Å². The van der Waals surface area contributed by atoms with Gasteiger partial charge in [-0.25, -0.2) is 8.42 Å². The van der Waals surface area contributed by atoms with Crippen molar-refractivity contribution in [2.45, 2.75) is 46.1 Å². The Bertz CT molecular complexity index is 1290. The summed E-state index contributed by atoms with van der Waals surface area (Å²) >= 11 is 0. The molecule has 3 rings (SSSR count). The standard InChI is InChI=1S/C28H30N2O3S.C2H6.H2/c1-4-5-11-23(3)20-30(21-24-12-7-6-8-13-24)28(31)26-14-9-10-15-27(26)29-34(32,33)25-18-16-22(2)17-19-25;1-2;/h4-19,29H,20-21H2,1-3H3;1-2H3;1H/b5-4-,23-11+;;. The van der Waals surface area contributed by atoms with Crippen molar-refractivity contribution in [2.75, 3.05) is 11.3 Å². The summed E-state index contributed by atoms with van der Waals surface area (Å²) in [7, 11) is -3.85. The molecule has 0 fully saturated rings. The minimum Gasteiger partial charge on any atom is -0.330 e. The summed E-state index contributed by atoms with van der Waals surface area (Å²) in [4.78, 5) is 15.6. The van der Waals surface area contributed by atoms with Gasteiger partial charge in [-0.3, -0.25) is 9.52 Å². The molecule has 0 saturated carbocycles. The summed E-state index contributed by atoms with van der Waals surface area (Å²) in [5, 5.41) is 0. The van der Waals surface area contributed by atoms with E-state index in [1.807, 2.05) is 83.2 Å². The Morgan fingerprint density at radius 3 is 2.19 bits per heavy atom. The van der Waals surface area contributed by atoms with Gasteiger partial charge in [0.05, 0.1) is 16.1 Å². The SMILES string of the molecule is C/C=C\C=C(/C)CN(Cc1ccccc1)C(=O)c1ccccc1NS(=O)(=O)c1ccc(C)cc1.CC.[HH]. The highest BCUT2D eigenvalue weighted by atomic mass is 32.2. The highest BCUT2D eigenvalue weighted by Crippen LogP contribution is 2.23. The van der Waals surface area contributed by atoms with E-state index in [0.29, 0.717) is 18.7 Å². The lowest BCUT2D eigenvalue weighted by Gasteiger charge is -2.25. The molecule has 0 aliphatic carbocycles. The molecular formula is C30H38N2O3S. The number of aryl methyl sites for hydroxylation is 1. The Labute approximate surface area is 217 Å². The monoisotopic (exact) mass is 506 g/mol. The Morgan fingerprint density at radius 1 is 0.944 bits per heavy atom. The zero-order chi connectivity index (χ0) is 26.6. The van der Waals surface area contributed by atoms with Crippen LogP contribution >= 0.6 is 0 Å². The molecule has 192 valence electrons. The second-order valence-electron chi connectivity index (χ2n) is 8.15. The van der Waals surface area contributed by atoms with Gasteiger partial charge in [-0.05, 0) is 50.6 Å². The number of nitrogens with zero attached hydrogens (tertiary/aromatic N) is 1. The topological polar surface area (TPSA) is 66.5 Å². The van der Waals surface area contributed by atoms with Crippen molar-refractivity contribution < 1.29 is 14.6 Å². The molecule has 1 amide bonds. The predicted molar refractivity (Wildman–Crippen MR) is 152 cm³/mol. The number of carbonyl (C=O) groups is 1. The van der Waals surface area contributed by atoms with Crippen LogP contribution in [-0.2, 0) is 16.6 Å². The molecule has 6 heteroatoms. The quantitative estimate of drug-likeness (QED) is 0.311. The van der Waals surface area contributed by atoms with Crippen LogP contribution in [0.4, 0.5) is 5.69 Å². The number of benzene rings is 3. The van der Waals surface area contributed by atoms with Crippen molar-refractivity contribution in [3.05, 3.63) is 119 Å². The average molecular weight is 507 g/mol. The largest absolute Gasteiger partial charge is 0.330 e. The highest BCUT2D eigenvalue weighted by Gasteiger charge is 2.22. The number of rotatable bonds is 9. The van der Waals surface area contributed by atoms with Crippen LogP contribution in [0.5, 0.6) is 0 Å². The normalized spacial score (nSPS) is 11.5. The van der Waals surface area contributed by atoms with E-state index < -0.39 is 10.0 Å². The third-order valence-electron chi connectivity index (χ3n) is 5.25. The molecule has 0 saturated heterocycles. The predicted octanol–water partition coefficient (Wildman–Crippen LogP) is 7.23. The van der Waals surface area contributed by atoms with Crippen molar-refractivity contribution in [1.82, 2.24) is 4.90 Å². The van der Waals surface area contributed by atoms with Gasteiger partial charge in [0.2, 0.25) is 0 Å². The van der Waals surface area contributed by atoms with Crippen molar-refractivity contribution in [1.29, 1.82) is 0 Å². The Kier molecular flexibility index (Phi) is 11.2. The van der Waals surface area contributed by atoms with Crippen LogP contribution in [0.1, 0.15) is 50.6 Å². The van der Waals surface area contributed by atoms with Gasteiger partial charge in [0.15, 0.2) is 0 Å². The number of para-hydroxylation sites is 1. The molecule has 0 aromatic heterocycles. The van der Waals surface area contributed by atoms with Gasteiger partial charge in [-0.1, -0.05) is 97.8 Å².